The fraction of sp³-hybridized carbons (Fsp3) is 0.385. The molecular weight excluding hydrogens is 170 g/mol. The van der Waals surface area contributed by atoms with Crippen molar-refractivity contribution in [3.8, 4) is 0 Å². The van der Waals surface area contributed by atoms with Crippen molar-refractivity contribution in [3.05, 3.63) is 42.0 Å². The van der Waals surface area contributed by atoms with Gasteiger partial charge >= 0.3 is 0 Å². The number of anilines is 1. The van der Waals surface area contributed by atoms with Crippen molar-refractivity contribution in [2.45, 2.75) is 32.2 Å². The Morgan fingerprint density at radius 3 is 2.57 bits per heavy atom. The van der Waals surface area contributed by atoms with Gasteiger partial charge in [0.1, 0.15) is 0 Å². The Morgan fingerprint density at radius 1 is 1.29 bits per heavy atom. The van der Waals surface area contributed by atoms with E-state index in [0.29, 0.717) is 6.04 Å². The standard InChI is InChI=1S/C13H17N/c1-10-6-8-12(9-7-10)14-13-5-3-4-11(13)2/h6-9,13-14H,2-5H2,1H3/t13-/m0/s1. The number of rotatable bonds is 2. The molecule has 2 rings (SSSR count). The molecule has 0 unspecified atom stereocenters. The summed E-state index contributed by atoms with van der Waals surface area (Å²) in [5.41, 5.74) is 3.87. The molecule has 0 radical (unpaired) electrons. The summed E-state index contributed by atoms with van der Waals surface area (Å²) in [5.74, 6) is 0. The molecule has 1 aromatic carbocycles. The van der Waals surface area contributed by atoms with E-state index in [1.165, 1.54) is 36.1 Å². The highest BCUT2D eigenvalue weighted by Gasteiger charge is 2.18. The number of benzene rings is 1. The summed E-state index contributed by atoms with van der Waals surface area (Å²) in [6.45, 7) is 6.20. The van der Waals surface area contributed by atoms with E-state index in [4.69, 9.17) is 0 Å². The summed E-state index contributed by atoms with van der Waals surface area (Å²) in [4.78, 5) is 0. The summed E-state index contributed by atoms with van der Waals surface area (Å²) < 4.78 is 0. The van der Waals surface area contributed by atoms with E-state index in [2.05, 4.69) is 43.1 Å². The van der Waals surface area contributed by atoms with Crippen LogP contribution in [0.4, 0.5) is 5.69 Å². The fourth-order valence-corrected chi connectivity index (χ4v) is 1.94. The third kappa shape index (κ3) is 1.98. The Labute approximate surface area is 85.8 Å². The van der Waals surface area contributed by atoms with Crippen molar-refractivity contribution in [1.29, 1.82) is 0 Å². The predicted octanol–water partition coefficient (Wildman–Crippen LogP) is 3.52. The van der Waals surface area contributed by atoms with E-state index >= 15 is 0 Å². The van der Waals surface area contributed by atoms with Gasteiger partial charge in [-0.25, -0.2) is 0 Å². The van der Waals surface area contributed by atoms with Gasteiger partial charge in [-0.3, -0.25) is 0 Å². The normalized spacial score (nSPS) is 21.2. The molecule has 1 atom stereocenters. The molecule has 0 aromatic heterocycles. The summed E-state index contributed by atoms with van der Waals surface area (Å²) >= 11 is 0. The highest BCUT2D eigenvalue weighted by Crippen LogP contribution is 2.26. The number of hydrogen-bond acceptors (Lipinski definition) is 1. The minimum absolute atomic E-state index is 0.498. The van der Waals surface area contributed by atoms with Crippen LogP contribution in [0.2, 0.25) is 0 Å². The van der Waals surface area contributed by atoms with Crippen LogP contribution < -0.4 is 5.32 Å². The van der Waals surface area contributed by atoms with Crippen LogP contribution in [0.3, 0.4) is 0 Å². The monoisotopic (exact) mass is 187 g/mol. The van der Waals surface area contributed by atoms with Gasteiger partial charge in [0, 0.05) is 11.7 Å². The molecule has 0 aliphatic heterocycles. The minimum Gasteiger partial charge on any atom is -0.379 e. The highest BCUT2D eigenvalue weighted by molar-refractivity contribution is 5.47. The smallest absolute Gasteiger partial charge is 0.0471 e. The van der Waals surface area contributed by atoms with Gasteiger partial charge in [0.2, 0.25) is 0 Å². The van der Waals surface area contributed by atoms with E-state index in [1.54, 1.807) is 0 Å². The van der Waals surface area contributed by atoms with E-state index < -0.39 is 0 Å². The summed E-state index contributed by atoms with van der Waals surface area (Å²) in [5, 5.41) is 3.52. The summed E-state index contributed by atoms with van der Waals surface area (Å²) in [6.07, 6.45) is 3.69. The molecule has 0 saturated heterocycles. The molecule has 74 valence electrons. The Hall–Kier alpha value is -1.24. The summed E-state index contributed by atoms with van der Waals surface area (Å²) in [6, 6.07) is 9.06. The van der Waals surface area contributed by atoms with Crippen molar-refractivity contribution in [2.75, 3.05) is 5.32 Å². The van der Waals surface area contributed by atoms with Crippen LogP contribution in [0.1, 0.15) is 24.8 Å². The molecule has 0 bridgehead atoms. The Bertz CT molecular complexity index is 324. The Morgan fingerprint density at radius 2 is 2.00 bits per heavy atom. The lowest BCUT2D eigenvalue weighted by atomic mass is 10.1. The van der Waals surface area contributed by atoms with Gasteiger partial charge in [-0.2, -0.15) is 0 Å². The molecule has 1 saturated carbocycles. The van der Waals surface area contributed by atoms with E-state index in [9.17, 15) is 0 Å². The maximum Gasteiger partial charge on any atom is 0.0471 e. The molecule has 14 heavy (non-hydrogen) atoms. The number of hydrogen-bond donors (Lipinski definition) is 1. The second-order valence-corrected chi connectivity index (χ2v) is 4.11. The first-order valence-corrected chi connectivity index (χ1v) is 5.26. The van der Waals surface area contributed by atoms with Crippen LogP contribution in [0.15, 0.2) is 36.4 Å². The molecule has 1 aliphatic rings. The molecule has 1 aromatic rings. The van der Waals surface area contributed by atoms with Crippen molar-refractivity contribution < 1.29 is 0 Å². The van der Waals surface area contributed by atoms with Gasteiger partial charge in [0.15, 0.2) is 0 Å². The average Bonchev–Trinajstić information content (AvgIpc) is 2.56. The molecule has 1 N–H and O–H groups in total. The Balaban J connectivity index is 2.03. The van der Waals surface area contributed by atoms with Crippen LogP contribution in [0.5, 0.6) is 0 Å². The van der Waals surface area contributed by atoms with Gasteiger partial charge in [-0.15, -0.1) is 0 Å². The third-order valence-corrected chi connectivity index (χ3v) is 2.88. The molecule has 1 heteroatoms. The second kappa shape index (κ2) is 3.87. The third-order valence-electron chi connectivity index (χ3n) is 2.88. The second-order valence-electron chi connectivity index (χ2n) is 4.11. The van der Waals surface area contributed by atoms with Crippen LogP contribution in [0, 0.1) is 6.92 Å². The maximum atomic E-state index is 4.09. The molecule has 1 aliphatic carbocycles. The average molecular weight is 187 g/mol. The zero-order valence-electron chi connectivity index (χ0n) is 8.72. The van der Waals surface area contributed by atoms with Crippen LogP contribution >= 0.6 is 0 Å². The minimum atomic E-state index is 0.498. The molecule has 0 amide bonds. The van der Waals surface area contributed by atoms with Crippen molar-refractivity contribution in [3.63, 3.8) is 0 Å². The van der Waals surface area contributed by atoms with Crippen molar-refractivity contribution in [1.82, 2.24) is 0 Å². The SMILES string of the molecule is C=C1CCC[C@@H]1Nc1ccc(C)cc1. The van der Waals surface area contributed by atoms with E-state index in [1.807, 2.05) is 0 Å². The molecule has 0 heterocycles. The van der Waals surface area contributed by atoms with Gasteiger partial charge < -0.3 is 5.32 Å². The van der Waals surface area contributed by atoms with Crippen LogP contribution in [-0.2, 0) is 0 Å². The lowest BCUT2D eigenvalue weighted by Crippen LogP contribution is -2.16. The maximum absolute atomic E-state index is 4.09. The van der Waals surface area contributed by atoms with Crippen molar-refractivity contribution in [2.24, 2.45) is 0 Å². The van der Waals surface area contributed by atoms with Crippen molar-refractivity contribution >= 4 is 5.69 Å². The summed E-state index contributed by atoms with van der Waals surface area (Å²) in [7, 11) is 0. The molecule has 0 spiro atoms. The van der Waals surface area contributed by atoms with Gasteiger partial charge in [-0.05, 0) is 38.3 Å². The van der Waals surface area contributed by atoms with Gasteiger partial charge in [0.05, 0.1) is 0 Å². The van der Waals surface area contributed by atoms with Crippen LogP contribution in [0.25, 0.3) is 0 Å². The zero-order chi connectivity index (χ0) is 9.97. The van der Waals surface area contributed by atoms with Crippen LogP contribution in [-0.4, -0.2) is 6.04 Å². The molecular formula is C13H17N. The zero-order valence-corrected chi connectivity index (χ0v) is 8.72. The number of aryl methyl sites for hydroxylation is 1. The lowest BCUT2D eigenvalue weighted by Gasteiger charge is -2.15. The largest absolute Gasteiger partial charge is 0.379 e. The van der Waals surface area contributed by atoms with E-state index in [-0.39, 0.29) is 0 Å². The quantitative estimate of drug-likeness (QED) is 0.698. The first-order chi connectivity index (χ1) is 6.75. The van der Waals surface area contributed by atoms with E-state index in [0.717, 1.165) is 0 Å². The first-order valence-electron chi connectivity index (χ1n) is 5.26. The molecule has 1 nitrogen and oxygen atoms in total. The topological polar surface area (TPSA) is 12.0 Å². The van der Waals surface area contributed by atoms with Gasteiger partial charge in [-0.1, -0.05) is 29.8 Å². The Kier molecular flexibility index (Phi) is 2.58. The fourth-order valence-electron chi connectivity index (χ4n) is 1.94. The molecule has 1 fully saturated rings. The van der Waals surface area contributed by atoms with Gasteiger partial charge in [0.25, 0.3) is 0 Å². The predicted molar refractivity (Wildman–Crippen MR) is 61.6 cm³/mol. The lowest BCUT2D eigenvalue weighted by molar-refractivity contribution is 0.815. The number of nitrogens with one attached hydrogen (secondary N) is 1. The first kappa shape index (κ1) is 9.32. The highest BCUT2D eigenvalue weighted by atomic mass is 14.9.